The summed E-state index contributed by atoms with van der Waals surface area (Å²) in [6.45, 7) is 1.56. The molecular weight excluding hydrogens is 329 g/mol. The summed E-state index contributed by atoms with van der Waals surface area (Å²) in [5, 5.41) is 0. The molecule has 4 heteroatoms. The van der Waals surface area contributed by atoms with Gasteiger partial charge in [0.05, 0.1) is 12.5 Å². The molecule has 1 heterocycles. The first-order chi connectivity index (χ1) is 8.19. The fourth-order valence-electron chi connectivity index (χ4n) is 2.08. The summed E-state index contributed by atoms with van der Waals surface area (Å²) < 4.78 is 6.44. The Labute approximate surface area is 115 Å². The molecule has 17 heavy (non-hydrogen) atoms. The standard InChI is InChI=1S/C13H16INO2/c1-17-12-5-6-15(9-12)13(16)8-10-3-2-4-11(14)7-10/h2-4,7,12H,5-6,8-9H2,1H3/t12-/m1/s1. The fourth-order valence-corrected chi connectivity index (χ4v) is 2.69. The largest absolute Gasteiger partial charge is 0.380 e. The molecule has 1 aliphatic heterocycles. The number of halogens is 1. The van der Waals surface area contributed by atoms with Crippen molar-refractivity contribution < 1.29 is 9.53 Å². The summed E-state index contributed by atoms with van der Waals surface area (Å²) in [5.41, 5.74) is 1.09. The van der Waals surface area contributed by atoms with E-state index in [1.165, 1.54) is 3.57 Å². The number of benzene rings is 1. The van der Waals surface area contributed by atoms with Gasteiger partial charge in [-0.15, -0.1) is 0 Å². The molecular formula is C13H16INO2. The van der Waals surface area contributed by atoms with Gasteiger partial charge in [0.25, 0.3) is 0 Å². The molecule has 1 atom stereocenters. The molecule has 0 aromatic heterocycles. The summed E-state index contributed by atoms with van der Waals surface area (Å²) in [5.74, 6) is 0.201. The lowest BCUT2D eigenvalue weighted by Gasteiger charge is -2.16. The molecule has 1 aromatic rings. The first-order valence-electron chi connectivity index (χ1n) is 5.74. The van der Waals surface area contributed by atoms with Crippen LogP contribution in [0.5, 0.6) is 0 Å². The Kier molecular flexibility index (Phi) is 4.39. The molecule has 2 rings (SSSR count). The third kappa shape index (κ3) is 3.42. The van der Waals surface area contributed by atoms with E-state index < -0.39 is 0 Å². The van der Waals surface area contributed by atoms with Crippen LogP contribution < -0.4 is 0 Å². The molecule has 0 radical (unpaired) electrons. The van der Waals surface area contributed by atoms with Gasteiger partial charge in [-0.3, -0.25) is 4.79 Å². The maximum atomic E-state index is 12.1. The molecule has 0 aliphatic carbocycles. The van der Waals surface area contributed by atoms with Gasteiger partial charge in [-0.2, -0.15) is 0 Å². The van der Waals surface area contributed by atoms with Gasteiger partial charge in [0.1, 0.15) is 0 Å². The molecule has 0 unspecified atom stereocenters. The Bertz CT molecular complexity index is 408. The van der Waals surface area contributed by atoms with E-state index in [1.54, 1.807) is 7.11 Å². The highest BCUT2D eigenvalue weighted by atomic mass is 127. The second-order valence-corrected chi connectivity index (χ2v) is 5.54. The number of ether oxygens (including phenoxy) is 1. The normalized spacial score (nSPS) is 19.6. The Hall–Kier alpha value is -0.620. The van der Waals surface area contributed by atoms with Gasteiger partial charge < -0.3 is 9.64 Å². The molecule has 0 N–H and O–H groups in total. The third-order valence-electron chi connectivity index (χ3n) is 3.08. The van der Waals surface area contributed by atoms with Crippen LogP contribution >= 0.6 is 22.6 Å². The molecule has 3 nitrogen and oxygen atoms in total. The SMILES string of the molecule is CO[C@@H]1CCN(C(=O)Cc2cccc(I)c2)C1. The smallest absolute Gasteiger partial charge is 0.227 e. The van der Waals surface area contributed by atoms with Crippen LogP contribution in [0.3, 0.4) is 0 Å². The highest BCUT2D eigenvalue weighted by Crippen LogP contribution is 2.15. The van der Waals surface area contributed by atoms with Crippen LogP contribution in [0.2, 0.25) is 0 Å². The van der Waals surface area contributed by atoms with Crippen molar-refractivity contribution in [3.8, 4) is 0 Å². The van der Waals surface area contributed by atoms with E-state index in [0.29, 0.717) is 6.42 Å². The number of carbonyl (C=O) groups excluding carboxylic acids is 1. The lowest BCUT2D eigenvalue weighted by molar-refractivity contribution is -0.129. The number of hydrogen-bond donors (Lipinski definition) is 0. The second kappa shape index (κ2) is 5.82. The number of methoxy groups -OCH3 is 1. The van der Waals surface area contributed by atoms with Crippen LogP contribution in [0, 0.1) is 3.57 Å². The number of hydrogen-bond acceptors (Lipinski definition) is 2. The molecule has 0 saturated carbocycles. The summed E-state index contributed by atoms with van der Waals surface area (Å²) in [4.78, 5) is 14.0. The summed E-state index contributed by atoms with van der Waals surface area (Å²) in [6, 6.07) is 8.09. The van der Waals surface area contributed by atoms with E-state index in [2.05, 4.69) is 28.7 Å². The van der Waals surface area contributed by atoms with Crippen LogP contribution in [-0.4, -0.2) is 37.1 Å². The minimum atomic E-state index is 0.201. The first kappa shape index (κ1) is 12.8. The number of nitrogens with zero attached hydrogens (tertiary/aromatic N) is 1. The Morgan fingerprint density at radius 1 is 1.59 bits per heavy atom. The van der Waals surface area contributed by atoms with Crippen molar-refractivity contribution in [3.05, 3.63) is 33.4 Å². The van der Waals surface area contributed by atoms with Gasteiger partial charge in [0.2, 0.25) is 5.91 Å². The van der Waals surface area contributed by atoms with Crippen LogP contribution in [0.1, 0.15) is 12.0 Å². The Morgan fingerprint density at radius 3 is 3.06 bits per heavy atom. The van der Waals surface area contributed by atoms with E-state index in [0.717, 1.165) is 25.1 Å². The predicted molar refractivity (Wildman–Crippen MR) is 74.9 cm³/mol. The monoisotopic (exact) mass is 345 g/mol. The summed E-state index contributed by atoms with van der Waals surface area (Å²) in [6.07, 6.45) is 1.66. The summed E-state index contributed by atoms with van der Waals surface area (Å²) in [7, 11) is 1.71. The zero-order valence-electron chi connectivity index (χ0n) is 9.86. The zero-order chi connectivity index (χ0) is 12.3. The maximum Gasteiger partial charge on any atom is 0.227 e. The molecule has 0 spiro atoms. The molecule has 1 fully saturated rings. The van der Waals surface area contributed by atoms with Crippen molar-refractivity contribution in [1.29, 1.82) is 0 Å². The molecule has 1 aliphatic rings. The van der Waals surface area contributed by atoms with E-state index in [9.17, 15) is 4.79 Å². The lowest BCUT2D eigenvalue weighted by Crippen LogP contribution is -2.31. The molecule has 92 valence electrons. The Morgan fingerprint density at radius 2 is 2.41 bits per heavy atom. The van der Waals surface area contributed by atoms with Gasteiger partial charge in [-0.25, -0.2) is 0 Å². The average Bonchev–Trinajstić information content (AvgIpc) is 2.77. The van der Waals surface area contributed by atoms with Crippen LogP contribution in [0.4, 0.5) is 0 Å². The van der Waals surface area contributed by atoms with Crippen molar-refractivity contribution in [2.45, 2.75) is 18.9 Å². The van der Waals surface area contributed by atoms with Gasteiger partial charge in [0.15, 0.2) is 0 Å². The highest BCUT2D eigenvalue weighted by Gasteiger charge is 2.25. The van der Waals surface area contributed by atoms with Gasteiger partial charge in [0, 0.05) is 23.8 Å². The van der Waals surface area contributed by atoms with E-state index in [-0.39, 0.29) is 12.0 Å². The number of amides is 1. The molecule has 1 saturated heterocycles. The van der Waals surface area contributed by atoms with Crippen LogP contribution in [0.25, 0.3) is 0 Å². The lowest BCUT2D eigenvalue weighted by atomic mass is 10.1. The van der Waals surface area contributed by atoms with E-state index in [1.807, 2.05) is 23.1 Å². The van der Waals surface area contributed by atoms with Crippen molar-refractivity contribution in [1.82, 2.24) is 4.90 Å². The van der Waals surface area contributed by atoms with Crippen LogP contribution in [-0.2, 0) is 16.0 Å². The summed E-state index contributed by atoms with van der Waals surface area (Å²) >= 11 is 2.26. The molecule has 0 bridgehead atoms. The number of rotatable bonds is 3. The molecule has 1 amide bonds. The second-order valence-electron chi connectivity index (χ2n) is 4.29. The van der Waals surface area contributed by atoms with E-state index >= 15 is 0 Å². The minimum absolute atomic E-state index is 0.201. The first-order valence-corrected chi connectivity index (χ1v) is 6.82. The third-order valence-corrected chi connectivity index (χ3v) is 3.75. The van der Waals surface area contributed by atoms with Gasteiger partial charge in [-0.05, 0) is 46.7 Å². The average molecular weight is 345 g/mol. The Balaban J connectivity index is 1.93. The zero-order valence-corrected chi connectivity index (χ0v) is 12.0. The van der Waals surface area contributed by atoms with Gasteiger partial charge in [-0.1, -0.05) is 12.1 Å². The van der Waals surface area contributed by atoms with Crippen molar-refractivity contribution in [2.24, 2.45) is 0 Å². The minimum Gasteiger partial charge on any atom is -0.380 e. The topological polar surface area (TPSA) is 29.5 Å². The van der Waals surface area contributed by atoms with E-state index in [4.69, 9.17) is 4.74 Å². The molecule has 1 aromatic carbocycles. The highest BCUT2D eigenvalue weighted by molar-refractivity contribution is 14.1. The maximum absolute atomic E-state index is 12.1. The quantitative estimate of drug-likeness (QED) is 0.785. The predicted octanol–water partition coefficient (Wildman–Crippen LogP) is 2.08. The van der Waals surface area contributed by atoms with Crippen molar-refractivity contribution in [2.75, 3.05) is 20.2 Å². The van der Waals surface area contributed by atoms with Gasteiger partial charge >= 0.3 is 0 Å². The van der Waals surface area contributed by atoms with Crippen molar-refractivity contribution >= 4 is 28.5 Å². The number of likely N-dealkylation sites (tertiary alicyclic amines) is 1. The van der Waals surface area contributed by atoms with Crippen LogP contribution in [0.15, 0.2) is 24.3 Å². The fraction of sp³-hybridized carbons (Fsp3) is 0.462. The number of carbonyl (C=O) groups is 1. The van der Waals surface area contributed by atoms with Crippen molar-refractivity contribution in [3.63, 3.8) is 0 Å².